The molecular formula is C19H26ClF3N2O2. The van der Waals surface area contributed by atoms with Crippen molar-refractivity contribution in [2.75, 3.05) is 44.2 Å². The molecule has 0 radical (unpaired) electrons. The van der Waals surface area contributed by atoms with Gasteiger partial charge in [0.2, 0.25) is 0 Å². The molecule has 8 heteroatoms. The van der Waals surface area contributed by atoms with Crippen LogP contribution in [-0.4, -0.2) is 61.0 Å². The second-order valence-electron chi connectivity index (χ2n) is 6.96. The van der Waals surface area contributed by atoms with Crippen LogP contribution in [0.3, 0.4) is 0 Å². The molecule has 0 saturated carbocycles. The number of rotatable bonds is 6. The van der Waals surface area contributed by atoms with Crippen LogP contribution in [0.1, 0.15) is 19.4 Å². The van der Waals surface area contributed by atoms with Crippen molar-refractivity contribution in [2.45, 2.75) is 31.7 Å². The molecule has 0 amide bonds. The third-order valence-corrected chi connectivity index (χ3v) is 4.36. The van der Waals surface area contributed by atoms with Gasteiger partial charge in [0.15, 0.2) is 0 Å². The monoisotopic (exact) mass is 406 g/mol. The van der Waals surface area contributed by atoms with E-state index in [4.69, 9.17) is 11.2 Å². The van der Waals surface area contributed by atoms with Crippen LogP contribution in [0, 0.1) is 12.3 Å². The molecule has 1 atom stereocenters. The zero-order chi connectivity index (χ0) is 19.4. The molecule has 1 aromatic rings. The number of hydrogen-bond donors (Lipinski definition) is 1. The number of terminal acetylenes is 1. The maximum atomic E-state index is 12.8. The van der Waals surface area contributed by atoms with Crippen LogP contribution >= 0.6 is 12.4 Å². The summed E-state index contributed by atoms with van der Waals surface area (Å²) in [5, 5.41) is 10.1. The Hall–Kier alpha value is -1.46. The van der Waals surface area contributed by atoms with Gasteiger partial charge in [-0.1, -0.05) is 12.0 Å². The molecule has 1 saturated heterocycles. The van der Waals surface area contributed by atoms with Crippen molar-refractivity contribution in [1.29, 1.82) is 0 Å². The number of ether oxygens (including phenoxy) is 1. The maximum absolute atomic E-state index is 12.8. The standard InChI is InChI=1S/C19H25F3N2O2.ClH/c1-4-18(2,3)26-14-17(25)13-23-8-10-24(11-9-23)16-7-5-6-15(12-16)19(20,21)22;/h1,5-7,12,17,25H,8-11,13-14H2,2-3H3;1H. The summed E-state index contributed by atoms with van der Waals surface area (Å²) in [7, 11) is 0. The van der Waals surface area contributed by atoms with Crippen LogP contribution < -0.4 is 4.90 Å². The van der Waals surface area contributed by atoms with Gasteiger partial charge in [0.05, 0.1) is 18.3 Å². The van der Waals surface area contributed by atoms with E-state index in [0.29, 0.717) is 38.4 Å². The summed E-state index contributed by atoms with van der Waals surface area (Å²) >= 11 is 0. The molecule has 1 aliphatic rings. The number of benzene rings is 1. The predicted molar refractivity (Wildman–Crippen MR) is 102 cm³/mol. The molecule has 152 valence electrons. The van der Waals surface area contributed by atoms with Crippen LogP contribution in [0.5, 0.6) is 0 Å². The largest absolute Gasteiger partial charge is 0.416 e. The highest BCUT2D eigenvalue weighted by Crippen LogP contribution is 2.31. The summed E-state index contributed by atoms with van der Waals surface area (Å²) in [6.45, 7) is 6.62. The summed E-state index contributed by atoms with van der Waals surface area (Å²) in [4.78, 5) is 4.00. The van der Waals surface area contributed by atoms with Crippen molar-refractivity contribution in [3.05, 3.63) is 29.8 Å². The lowest BCUT2D eigenvalue weighted by atomic mass is 10.1. The van der Waals surface area contributed by atoms with Gasteiger partial charge in [-0.15, -0.1) is 18.8 Å². The summed E-state index contributed by atoms with van der Waals surface area (Å²) in [6.07, 6.45) is 0.338. The minimum absolute atomic E-state index is 0. The Morgan fingerprint density at radius 3 is 2.41 bits per heavy atom. The number of alkyl halides is 3. The molecule has 1 N–H and O–H groups in total. The Morgan fingerprint density at radius 1 is 1.22 bits per heavy atom. The van der Waals surface area contributed by atoms with Gasteiger partial charge in [0, 0.05) is 38.4 Å². The van der Waals surface area contributed by atoms with Gasteiger partial charge in [-0.3, -0.25) is 4.90 Å². The average molecular weight is 407 g/mol. The highest BCUT2D eigenvalue weighted by atomic mass is 35.5. The Bertz CT molecular complexity index is 639. The molecule has 2 rings (SSSR count). The fourth-order valence-electron chi connectivity index (χ4n) is 2.76. The first-order chi connectivity index (χ1) is 12.1. The minimum atomic E-state index is -4.34. The number of halogens is 4. The van der Waals surface area contributed by atoms with Crippen molar-refractivity contribution in [3.8, 4) is 12.3 Å². The number of anilines is 1. The van der Waals surface area contributed by atoms with E-state index in [2.05, 4.69) is 10.8 Å². The lowest BCUT2D eigenvalue weighted by Crippen LogP contribution is -2.49. The Labute approximate surface area is 164 Å². The van der Waals surface area contributed by atoms with Crippen LogP contribution in [-0.2, 0) is 10.9 Å². The third kappa shape index (κ3) is 7.23. The van der Waals surface area contributed by atoms with Crippen molar-refractivity contribution in [3.63, 3.8) is 0 Å². The predicted octanol–water partition coefficient (Wildman–Crippen LogP) is 3.04. The van der Waals surface area contributed by atoms with Gasteiger partial charge in [-0.25, -0.2) is 0 Å². The molecule has 1 aromatic carbocycles. The van der Waals surface area contributed by atoms with Crippen LogP contribution in [0.25, 0.3) is 0 Å². The van der Waals surface area contributed by atoms with Gasteiger partial charge < -0.3 is 14.7 Å². The van der Waals surface area contributed by atoms with E-state index < -0.39 is 23.4 Å². The van der Waals surface area contributed by atoms with Gasteiger partial charge in [-0.05, 0) is 32.0 Å². The third-order valence-electron chi connectivity index (χ3n) is 4.36. The van der Waals surface area contributed by atoms with Crippen molar-refractivity contribution in [1.82, 2.24) is 4.90 Å². The first kappa shape index (κ1) is 23.6. The number of aliphatic hydroxyl groups excluding tert-OH is 1. The van der Waals surface area contributed by atoms with E-state index in [1.165, 1.54) is 12.1 Å². The molecule has 0 bridgehead atoms. The molecule has 0 aromatic heterocycles. The van der Waals surface area contributed by atoms with Crippen LogP contribution in [0.4, 0.5) is 18.9 Å². The van der Waals surface area contributed by atoms with Crippen molar-refractivity contribution >= 4 is 18.1 Å². The maximum Gasteiger partial charge on any atom is 0.416 e. The summed E-state index contributed by atoms with van der Waals surface area (Å²) in [5.74, 6) is 2.51. The normalized spacial score (nSPS) is 17.1. The highest BCUT2D eigenvalue weighted by Gasteiger charge is 2.31. The van der Waals surface area contributed by atoms with Crippen LogP contribution in [0.15, 0.2) is 24.3 Å². The quantitative estimate of drug-likeness (QED) is 0.737. The van der Waals surface area contributed by atoms with E-state index >= 15 is 0 Å². The smallest absolute Gasteiger partial charge is 0.389 e. The Balaban J connectivity index is 0.00000364. The lowest BCUT2D eigenvalue weighted by molar-refractivity contribution is -0.137. The molecular weight excluding hydrogens is 381 g/mol. The van der Waals surface area contributed by atoms with E-state index in [0.717, 1.165) is 6.07 Å². The van der Waals surface area contributed by atoms with E-state index in [1.807, 2.05) is 4.90 Å². The first-order valence-electron chi connectivity index (χ1n) is 8.55. The molecule has 1 unspecified atom stereocenters. The summed E-state index contributed by atoms with van der Waals surface area (Å²) < 4.78 is 44.0. The van der Waals surface area contributed by atoms with Gasteiger partial charge in [0.25, 0.3) is 0 Å². The topological polar surface area (TPSA) is 35.9 Å². The number of hydrogen-bond acceptors (Lipinski definition) is 4. The molecule has 1 heterocycles. The summed E-state index contributed by atoms with van der Waals surface area (Å²) in [6, 6.07) is 5.38. The molecule has 0 aliphatic carbocycles. The van der Waals surface area contributed by atoms with E-state index in [9.17, 15) is 18.3 Å². The number of aliphatic hydroxyl groups is 1. The van der Waals surface area contributed by atoms with Crippen molar-refractivity contribution in [2.24, 2.45) is 0 Å². The minimum Gasteiger partial charge on any atom is -0.389 e. The SMILES string of the molecule is C#CC(C)(C)OCC(O)CN1CCN(c2cccc(C(F)(F)F)c2)CC1.Cl. The van der Waals surface area contributed by atoms with E-state index in [1.54, 1.807) is 19.9 Å². The Kier molecular flexibility index (Phi) is 8.43. The first-order valence-corrected chi connectivity index (χ1v) is 8.55. The zero-order valence-corrected chi connectivity index (χ0v) is 16.3. The molecule has 4 nitrogen and oxygen atoms in total. The molecule has 1 fully saturated rings. The number of β-amino-alcohol motifs (C(OH)–C–C–N with tert-alkyl or cyclic N) is 1. The van der Waals surface area contributed by atoms with E-state index in [-0.39, 0.29) is 19.0 Å². The van der Waals surface area contributed by atoms with Gasteiger partial charge in [0.1, 0.15) is 5.60 Å². The summed E-state index contributed by atoms with van der Waals surface area (Å²) in [5.41, 5.74) is -0.788. The van der Waals surface area contributed by atoms with Crippen molar-refractivity contribution < 1.29 is 23.0 Å². The van der Waals surface area contributed by atoms with Crippen LogP contribution in [0.2, 0.25) is 0 Å². The molecule has 27 heavy (non-hydrogen) atoms. The second-order valence-corrected chi connectivity index (χ2v) is 6.96. The highest BCUT2D eigenvalue weighted by molar-refractivity contribution is 5.85. The molecule has 1 aliphatic heterocycles. The number of piperazine rings is 1. The fourth-order valence-corrected chi connectivity index (χ4v) is 2.76. The number of nitrogens with zero attached hydrogens (tertiary/aromatic N) is 2. The average Bonchev–Trinajstić information content (AvgIpc) is 2.60. The second kappa shape index (κ2) is 9.65. The Morgan fingerprint density at radius 2 is 1.85 bits per heavy atom. The zero-order valence-electron chi connectivity index (χ0n) is 15.5. The lowest BCUT2D eigenvalue weighted by Gasteiger charge is -2.37. The van der Waals surface area contributed by atoms with Gasteiger partial charge in [-0.2, -0.15) is 13.2 Å². The molecule has 0 spiro atoms. The van der Waals surface area contributed by atoms with Gasteiger partial charge >= 0.3 is 6.18 Å². The fraction of sp³-hybridized carbons (Fsp3) is 0.579.